The highest BCUT2D eigenvalue weighted by Crippen LogP contribution is 2.05. The van der Waals surface area contributed by atoms with Crippen molar-refractivity contribution in [3.8, 4) is 5.75 Å². The lowest BCUT2D eigenvalue weighted by Gasteiger charge is -2.03. The number of hydrogen-bond donors (Lipinski definition) is 2. The number of imidazole rings is 1. The average Bonchev–Trinajstić information content (AvgIpc) is 2.75. The predicted molar refractivity (Wildman–Crippen MR) is 67.3 cm³/mol. The summed E-state index contributed by atoms with van der Waals surface area (Å²) in [7, 11) is 0. The van der Waals surface area contributed by atoms with E-state index in [-0.39, 0.29) is 18.2 Å². The van der Waals surface area contributed by atoms with Gasteiger partial charge in [-0.25, -0.2) is 15.0 Å². The lowest BCUT2D eigenvalue weighted by atomic mass is 10.2. The van der Waals surface area contributed by atoms with Gasteiger partial charge in [0.1, 0.15) is 12.4 Å². The van der Waals surface area contributed by atoms with E-state index in [1.807, 2.05) is 6.92 Å². The van der Waals surface area contributed by atoms with E-state index in [9.17, 15) is 9.90 Å². The second-order valence-electron chi connectivity index (χ2n) is 4.04. The summed E-state index contributed by atoms with van der Waals surface area (Å²) in [5.74, 6) is 0.564. The van der Waals surface area contributed by atoms with Gasteiger partial charge < -0.3 is 5.11 Å². The fourth-order valence-electron chi connectivity index (χ4n) is 1.58. The zero-order chi connectivity index (χ0) is 13.7. The summed E-state index contributed by atoms with van der Waals surface area (Å²) < 4.78 is 1.77. The van der Waals surface area contributed by atoms with Gasteiger partial charge in [0, 0.05) is 6.92 Å². The lowest BCUT2D eigenvalue weighted by Crippen LogP contribution is -2.42. The van der Waals surface area contributed by atoms with Crippen molar-refractivity contribution in [2.24, 2.45) is 5.10 Å². The fourth-order valence-corrected chi connectivity index (χ4v) is 1.58. The summed E-state index contributed by atoms with van der Waals surface area (Å²) in [5, 5.41) is 14.9. The van der Waals surface area contributed by atoms with E-state index in [2.05, 4.69) is 15.5 Å². The van der Waals surface area contributed by atoms with Crippen LogP contribution in [0.15, 0.2) is 41.8 Å². The Labute approximate surface area is 110 Å². The number of H-pyrrole nitrogens is 1. The van der Waals surface area contributed by atoms with Gasteiger partial charge in [0.15, 0.2) is 6.54 Å². The molecule has 1 aromatic carbocycles. The van der Waals surface area contributed by atoms with Crippen molar-refractivity contribution in [1.29, 1.82) is 0 Å². The van der Waals surface area contributed by atoms with Gasteiger partial charge in [0.25, 0.3) is 11.7 Å². The number of aromatic nitrogens is 2. The molecule has 0 aliphatic rings. The minimum Gasteiger partial charge on any atom is -0.872 e. The van der Waals surface area contributed by atoms with Crippen LogP contribution in [0.3, 0.4) is 0 Å². The molecule has 6 nitrogen and oxygen atoms in total. The first-order valence-electron chi connectivity index (χ1n) is 5.77. The molecule has 0 aliphatic carbocycles. The van der Waals surface area contributed by atoms with Gasteiger partial charge in [0.05, 0.1) is 6.21 Å². The summed E-state index contributed by atoms with van der Waals surface area (Å²) in [5.41, 5.74) is 3.06. The molecule has 0 spiro atoms. The van der Waals surface area contributed by atoms with E-state index >= 15 is 0 Å². The Kier molecular flexibility index (Phi) is 3.92. The van der Waals surface area contributed by atoms with Crippen LogP contribution in [-0.4, -0.2) is 17.1 Å². The quantitative estimate of drug-likeness (QED) is 0.453. The Morgan fingerprint density at radius 3 is 3.11 bits per heavy atom. The predicted octanol–water partition coefficient (Wildman–Crippen LogP) is -0.165. The Hall–Kier alpha value is -2.63. The molecule has 0 fully saturated rings. The summed E-state index contributed by atoms with van der Waals surface area (Å²) in [6, 6.07) is 6.29. The highest BCUT2D eigenvalue weighted by atomic mass is 16.3. The van der Waals surface area contributed by atoms with Crippen molar-refractivity contribution < 1.29 is 14.5 Å². The minimum absolute atomic E-state index is 0.0891. The second-order valence-corrected chi connectivity index (χ2v) is 4.04. The second kappa shape index (κ2) is 5.81. The molecule has 98 valence electrons. The molecule has 0 saturated carbocycles. The van der Waals surface area contributed by atoms with Gasteiger partial charge in [-0.2, -0.15) is 5.10 Å². The van der Waals surface area contributed by atoms with E-state index in [1.54, 1.807) is 29.1 Å². The number of benzene rings is 1. The third kappa shape index (κ3) is 3.67. The molecule has 19 heavy (non-hydrogen) atoms. The lowest BCUT2D eigenvalue weighted by molar-refractivity contribution is -0.689. The van der Waals surface area contributed by atoms with Crippen molar-refractivity contribution in [2.75, 3.05) is 0 Å². The van der Waals surface area contributed by atoms with E-state index in [4.69, 9.17) is 0 Å². The van der Waals surface area contributed by atoms with Crippen molar-refractivity contribution in [3.05, 3.63) is 48.0 Å². The number of hydrazone groups is 1. The maximum Gasteiger partial charge on any atom is 0.282 e. The first kappa shape index (κ1) is 12.8. The van der Waals surface area contributed by atoms with Crippen LogP contribution in [0.25, 0.3) is 0 Å². The van der Waals surface area contributed by atoms with Crippen LogP contribution in [-0.2, 0) is 11.3 Å². The zero-order valence-corrected chi connectivity index (χ0v) is 10.5. The smallest absolute Gasteiger partial charge is 0.282 e. The molecule has 0 bridgehead atoms. The minimum atomic E-state index is -0.234. The highest BCUT2D eigenvalue weighted by Gasteiger charge is 2.09. The first-order valence-corrected chi connectivity index (χ1v) is 5.77. The van der Waals surface area contributed by atoms with Gasteiger partial charge >= 0.3 is 0 Å². The number of carbonyl (C=O) groups excluding carboxylic acids is 1. The molecule has 2 N–H and O–H groups in total. The zero-order valence-electron chi connectivity index (χ0n) is 10.5. The molecule has 1 amide bonds. The van der Waals surface area contributed by atoms with Crippen LogP contribution in [0.1, 0.15) is 11.4 Å². The fraction of sp³-hybridized carbons (Fsp3) is 0.154. The van der Waals surface area contributed by atoms with E-state index in [1.165, 1.54) is 18.3 Å². The molecular weight excluding hydrogens is 244 g/mol. The molecule has 6 heteroatoms. The molecule has 0 radical (unpaired) electrons. The number of aromatic amines is 1. The Morgan fingerprint density at radius 2 is 2.42 bits per heavy atom. The van der Waals surface area contributed by atoms with Crippen LogP contribution in [0.4, 0.5) is 0 Å². The third-order valence-electron chi connectivity index (χ3n) is 2.55. The number of hydrogen-bond acceptors (Lipinski definition) is 3. The highest BCUT2D eigenvalue weighted by molar-refractivity contribution is 5.82. The molecule has 1 aromatic heterocycles. The Balaban J connectivity index is 1.88. The van der Waals surface area contributed by atoms with Crippen molar-refractivity contribution >= 4 is 12.1 Å². The van der Waals surface area contributed by atoms with E-state index in [0.29, 0.717) is 5.56 Å². The van der Waals surface area contributed by atoms with Crippen molar-refractivity contribution in [2.45, 2.75) is 13.5 Å². The molecule has 1 heterocycles. The van der Waals surface area contributed by atoms with Gasteiger partial charge in [-0.15, -0.1) is 5.75 Å². The van der Waals surface area contributed by atoms with E-state index < -0.39 is 0 Å². The Morgan fingerprint density at radius 1 is 1.58 bits per heavy atom. The SMILES string of the molecule is Cc1[nH]cc[n+]1CC(=O)N/N=C/c1cccc([O-])c1. The van der Waals surface area contributed by atoms with Gasteiger partial charge in [-0.3, -0.25) is 4.79 Å². The van der Waals surface area contributed by atoms with Crippen molar-refractivity contribution in [3.63, 3.8) is 0 Å². The van der Waals surface area contributed by atoms with Gasteiger partial charge in [-0.1, -0.05) is 24.3 Å². The molecule has 0 atom stereocenters. The topological polar surface area (TPSA) is 84.2 Å². The first-order chi connectivity index (χ1) is 9.15. The Bertz CT molecular complexity index is 604. The molecule has 0 unspecified atom stereocenters. The largest absolute Gasteiger partial charge is 0.872 e. The number of nitrogens with zero attached hydrogens (tertiary/aromatic N) is 2. The van der Waals surface area contributed by atoms with Crippen LogP contribution in [0.5, 0.6) is 5.75 Å². The summed E-state index contributed by atoms with van der Waals surface area (Å²) in [6.45, 7) is 2.06. The number of rotatable bonds is 4. The van der Waals surface area contributed by atoms with Gasteiger partial charge in [0.2, 0.25) is 0 Å². The number of aryl methyl sites for hydroxylation is 1. The summed E-state index contributed by atoms with van der Waals surface area (Å²) in [6.07, 6.45) is 4.97. The maximum atomic E-state index is 11.6. The van der Waals surface area contributed by atoms with Gasteiger partial charge in [-0.05, 0) is 5.56 Å². The van der Waals surface area contributed by atoms with Crippen molar-refractivity contribution in [1.82, 2.24) is 10.4 Å². The standard InChI is InChI=1S/C13H14N4O2/c1-10-14-5-6-17(10)9-13(19)16-15-8-11-3-2-4-12(18)7-11/h2-8H,9H2,1H3,(H2,16,18,19)/b15-8+. The number of carbonyl (C=O) groups is 1. The molecule has 2 rings (SSSR count). The van der Waals surface area contributed by atoms with E-state index in [0.717, 1.165) is 5.82 Å². The maximum absolute atomic E-state index is 11.6. The third-order valence-corrected chi connectivity index (χ3v) is 2.55. The molecule has 2 aromatic rings. The summed E-state index contributed by atoms with van der Waals surface area (Å²) in [4.78, 5) is 14.6. The van der Waals surface area contributed by atoms with Crippen LogP contribution in [0, 0.1) is 6.92 Å². The number of amides is 1. The van der Waals surface area contributed by atoms with Crippen LogP contribution >= 0.6 is 0 Å². The molecule has 0 saturated heterocycles. The van der Waals surface area contributed by atoms with Crippen LogP contribution < -0.4 is 15.1 Å². The average molecular weight is 258 g/mol. The molecular formula is C13H14N4O2. The number of nitrogens with one attached hydrogen (secondary N) is 2. The molecule has 0 aliphatic heterocycles. The normalized spacial score (nSPS) is 10.8. The monoisotopic (exact) mass is 258 g/mol. The summed E-state index contributed by atoms with van der Waals surface area (Å²) >= 11 is 0. The van der Waals surface area contributed by atoms with Crippen LogP contribution in [0.2, 0.25) is 0 Å².